The number of carbonyl (C=O) groups is 1. The molecule has 0 saturated heterocycles. The van der Waals surface area contributed by atoms with Crippen LogP contribution in [0.25, 0.3) is 17.0 Å². The number of aromatic nitrogens is 1. The van der Waals surface area contributed by atoms with Crippen LogP contribution in [0.4, 0.5) is 0 Å². The van der Waals surface area contributed by atoms with Gasteiger partial charge in [-0.2, -0.15) is 0 Å². The maximum atomic E-state index is 13.0. The van der Waals surface area contributed by atoms with Crippen molar-refractivity contribution in [3.8, 4) is 17.2 Å². The van der Waals surface area contributed by atoms with Crippen LogP contribution in [0.3, 0.4) is 0 Å². The normalized spacial score (nSPS) is 14.6. The standard InChI is InChI=1S/C24H26N2O4/c1-5-26(6-2)14-19-21(27)10-8-17-23(28)22(30-24(17)19)11-15-13-25(3)20-9-7-16(29-4)12-18(15)20/h7-13,27H,5-6,14H2,1-4H3/b22-11-. The van der Waals surface area contributed by atoms with E-state index in [1.807, 2.05) is 36.0 Å². The van der Waals surface area contributed by atoms with Crippen LogP contribution in [0.2, 0.25) is 0 Å². The molecular weight excluding hydrogens is 380 g/mol. The van der Waals surface area contributed by atoms with Crippen LogP contribution in [-0.4, -0.2) is 30.5 Å². The van der Waals surface area contributed by atoms with E-state index in [0.29, 0.717) is 23.4 Å². The summed E-state index contributed by atoms with van der Waals surface area (Å²) in [6.07, 6.45) is 3.71. The number of methoxy groups -OCH3 is 1. The zero-order valence-corrected chi connectivity index (χ0v) is 17.7. The second-order valence-corrected chi connectivity index (χ2v) is 7.57. The molecule has 156 valence electrons. The van der Waals surface area contributed by atoms with E-state index in [2.05, 4.69) is 13.8 Å². The molecule has 1 aliphatic rings. The zero-order valence-electron chi connectivity index (χ0n) is 17.7. The third-order valence-electron chi connectivity index (χ3n) is 5.84. The van der Waals surface area contributed by atoms with Crippen LogP contribution in [-0.2, 0) is 13.6 Å². The molecule has 0 aliphatic carbocycles. The average Bonchev–Trinajstić information content (AvgIpc) is 3.24. The molecule has 30 heavy (non-hydrogen) atoms. The number of aryl methyl sites for hydroxylation is 1. The van der Waals surface area contributed by atoms with Gasteiger partial charge in [-0.05, 0) is 44.2 Å². The van der Waals surface area contributed by atoms with E-state index in [1.165, 1.54) is 11.0 Å². The first-order valence-corrected chi connectivity index (χ1v) is 10.2. The number of nitrogens with one attached hydrogen (secondary N) is 1. The quantitative estimate of drug-likeness (QED) is 0.638. The third kappa shape index (κ3) is 3.33. The summed E-state index contributed by atoms with van der Waals surface area (Å²) in [7, 11) is 3.58. The topological polar surface area (TPSA) is 68.0 Å². The Morgan fingerprint density at radius 1 is 1.20 bits per heavy atom. The van der Waals surface area contributed by atoms with Gasteiger partial charge in [0.25, 0.3) is 0 Å². The van der Waals surface area contributed by atoms with Crippen molar-refractivity contribution in [1.82, 2.24) is 4.57 Å². The highest BCUT2D eigenvalue weighted by Gasteiger charge is 2.31. The fourth-order valence-electron chi connectivity index (χ4n) is 3.99. The van der Waals surface area contributed by atoms with E-state index >= 15 is 0 Å². The number of quaternary nitrogens is 1. The van der Waals surface area contributed by atoms with Crippen LogP contribution in [0.15, 0.2) is 42.3 Å². The van der Waals surface area contributed by atoms with Crippen molar-refractivity contribution in [3.63, 3.8) is 0 Å². The fourth-order valence-corrected chi connectivity index (χ4v) is 3.99. The van der Waals surface area contributed by atoms with Gasteiger partial charge in [-0.1, -0.05) is 11.8 Å². The van der Waals surface area contributed by atoms with Crippen molar-refractivity contribution in [1.29, 1.82) is 0 Å². The zero-order chi connectivity index (χ0) is 21.4. The van der Waals surface area contributed by atoms with Gasteiger partial charge in [-0.3, -0.25) is 4.79 Å². The third-order valence-corrected chi connectivity index (χ3v) is 5.84. The molecule has 2 aromatic carbocycles. The number of nitrogens with zero attached hydrogens (tertiary/aromatic N) is 1. The predicted octanol–water partition coefficient (Wildman–Crippen LogP) is 2.30. The lowest BCUT2D eigenvalue weighted by Crippen LogP contribution is -3.10. The molecule has 0 spiro atoms. The summed E-state index contributed by atoms with van der Waals surface area (Å²) in [5.41, 5.74) is 2.92. The smallest absolute Gasteiger partial charge is 0.231 e. The van der Waals surface area contributed by atoms with Crippen molar-refractivity contribution in [2.75, 3.05) is 20.2 Å². The number of hydrogen-bond acceptors (Lipinski definition) is 4. The van der Waals surface area contributed by atoms with E-state index in [0.717, 1.165) is 35.3 Å². The van der Waals surface area contributed by atoms with Gasteiger partial charge in [0.1, 0.15) is 18.0 Å². The Morgan fingerprint density at radius 2 is 1.97 bits per heavy atom. The lowest BCUT2D eigenvalue weighted by atomic mass is 10.0. The average molecular weight is 406 g/mol. The molecule has 1 aliphatic heterocycles. The summed E-state index contributed by atoms with van der Waals surface area (Å²) >= 11 is 0. The molecule has 0 unspecified atom stereocenters. The number of rotatable bonds is 6. The van der Waals surface area contributed by atoms with Crippen LogP contribution in [0.5, 0.6) is 17.2 Å². The van der Waals surface area contributed by atoms with Crippen molar-refractivity contribution in [3.05, 3.63) is 59.0 Å². The molecule has 0 bridgehead atoms. The largest absolute Gasteiger partial charge is 0.872 e. The van der Waals surface area contributed by atoms with Gasteiger partial charge in [0.2, 0.25) is 5.78 Å². The summed E-state index contributed by atoms with van der Waals surface area (Å²) in [5, 5.41) is 13.5. The minimum atomic E-state index is -0.194. The van der Waals surface area contributed by atoms with E-state index in [9.17, 15) is 9.90 Å². The highest BCUT2D eigenvalue weighted by atomic mass is 16.5. The number of Topliss-reactive ketones (excluding diaryl/α,β-unsaturated/α-hetero) is 1. The summed E-state index contributed by atoms with van der Waals surface area (Å²) in [6.45, 7) is 6.50. The number of ketones is 1. The van der Waals surface area contributed by atoms with Gasteiger partial charge in [0.15, 0.2) is 5.76 Å². The van der Waals surface area contributed by atoms with Crippen molar-refractivity contribution in [2.24, 2.45) is 7.05 Å². The van der Waals surface area contributed by atoms with Crippen molar-refractivity contribution in [2.45, 2.75) is 20.4 Å². The minimum absolute atomic E-state index is 0.0860. The number of hydrogen-bond donors (Lipinski definition) is 1. The van der Waals surface area contributed by atoms with Crippen molar-refractivity contribution >= 4 is 22.8 Å². The monoisotopic (exact) mass is 406 g/mol. The van der Waals surface area contributed by atoms with Gasteiger partial charge >= 0.3 is 0 Å². The van der Waals surface area contributed by atoms with Crippen LogP contribution < -0.4 is 19.5 Å². The molecule has 4 rings (SSSR count). The highest BCUT2D eigenvalue weighted by Crippen LogP contribution is 2.39. The first-order chi connectivity index (χ1) is 14.5. The molecular formula is C24H26N2O4. The molecule has 0 fully saturated rings. The van der Waals surface area contributed by atoms with Gasteiger partial charge in [-0.15, -0.1) is 0 Å². The van der Waals surface area contributed by atoms with E-state index in [4.69, 9.17) is 9.47 Å². The Kier molecular flexibility index (Phi) is 5.26. The van der Waals surface area contributed by atoms with Crippen molar-refractivity contribution < 1.29 is 24.3 Å². The van der Waals surface area contributed by atoms with Gasteiger partial charge in [0.05, 0.1) is 25.8 Å². The van der Waals surface area contributed by atoms with Gasteiger partial charge in [-0.25, -0.2) is 0 Å². The molecule has 0 atom stereocenters. The van der Waals surface area contributed by atoms with Gasteiger partial charge < -0.3 is 24.0 Å². The number of benzene rings is 2. The second kappa shape index (κ2) is 7.88. The molecule has 1 N–H and O–H groups in total. The summed E-state index contributed by atoms with van der Waals surface area (Å²) in [4.78, 5) is 14.3. The molecule has 0 amide bonds. The summed E-state index contributed by atoms with van der Waals surface area (Å²) < 4.78 is 13.3. The molecule has 6 nitrogen and oxygen atoms in total. The Hall–Kier alpha value is -3.25. The van der Waals surface area contributed by atoms with Crippen LogP contribution in [0, 0.1) is 0 Å². The highest BCUT2D eigenvalue weighted by molar-refractivity contribution is 6.15. The second-order valence-electron chi connectivity index (χ2n) is 7.57. The molecule has 0 saturated carbocycles. The summed E-state index contributed by atoms with van der Waals surface area (Å²) in [5.74, 6) is 1.12. The molecule has 0 radical (unpaired) electrons. The molecule has 3 aromatic rings. The fraction of sp³-hybridized carbons (Fsp3) is 0.292. The van der Waals surface area contributed by atoms with E-state index < -0.39 is 0 Å². The number of ether oxygens (including phenoxy) is 2. The molecule has 2 heterocycles. The van der Waals surface area contributed by atoms with Gasteiger partial charge in [0, 0.05) is 35.3 Å². The first-order valence-electron chi connectivity index (χ1n) is 10.2. The van der Waals surface area contributed by atoms with E-state index in [-0.39, 0.29) is 17.3 Å². The Labute approximate surface area is 175 Å². The lowest BCUT2D eigenvalue weighted by Gasteiger charge is -2.21. The Balaban J connectivity index is 1.76. The maximum absolute atomic E-state index is 13.0. The maximum Gasteiger partial charge on any atom is 0.231 e. The number of fused-ring (bicyclic) bond motifs is 2. The number of carbonyl (C=O) groups excluding carboxylic acids is 1. The Bertz CT molecular complexity index is 1160. The Morgan fingerprint density at radius 3 is 2.67 bits per heavy atom. The number of allylic oxidation sites excluding steroid dienone is 1. The molecule has 6 heteroatoms. The lowest BCUT2D eigenvalue weighted by molar-refractivity contribution is -0.910. The summed E-state index contributed by atoms with van der Waals surface area (Å²) in [6, 6.07) is 8.89. The van der Waals surface area contributed by atoms with Crippen LogP contribution >= 0.6 is 0 Å². The SMILES string of the molecule is CC[NH+](CC)Cc1c([O-])ccc2c1O/C(=C\c1cn(C)c3ccc(OC)cc13)C2=O. The van der Waals surface area contributed by atoms with Crippen LogP contribution in [0.1, 0.15) is 35.3 Å². The predicted molar refractivity (Wildman–Crippen MR) is 114 cm³/mol. The minimum Gasteiger partial charge on any atom is -0.872 e. The van der Waals surface area contributed by atoms with E-state index in [1.54, 1.807) is 19.3 Å². The first kappa shape index (κ1) is 20.0. The molecule has 1 aromatic heterocycles.